The molecule has 0 spiro atoms. The van der Waals surface area contributed by atoms with Crippen molar-refractivity contribution in [3.63, 3.8) is 0 Å². The Morgan fingerprint density at radius 3 is 1.60 bits per heavy atom. The molecule has 0 bridgehead atoms. The first-order valence-electron chi connectivity index (χ1n) is 7.41. The zero-order valence-corrected chi connectivity index (χ0v) is 12.6. The third kappa shape index (κ3) is 14.8. The molecular formula is C14H30Mg. The van der Waals surface area contributed by atoms with Crippen LogP contribution in [0.4, 0.5) is 0 Å². The molecule has 0 saturated carbocycles. The van der Waals surface area contributed by atoms with Crippen LogP contribution in [-0.4, -0.2) is 20.4 Å². The molecule has 0 saturated heterocycles. The minimum absolute atomic E-state index is 0.353. The minimum Gasteiger partial charge on any atom is -0.146 e. The van der Waals surface area contributed by atoms with Gasteiger partial charge in [0, 0.05) is 0 Å². The Morgan fingerprint density at radius 2 is 1.00 bits per heavy atom. The van der Waals surface area contributed by atoms with Crippen LogP contribution in [-0.2, 0) is 0 Å². The highest BCUT2D eigenvalue weighted by Gasteiger charge is 1.95. The van der Waals surface area contributed by atoms with E-state index in [-0.39, 0.29) is 0 Å². The Kier molecular flexibility index (Phi) is 15.5. The standard InChI is InChI=1S/C10H21.C4H9.Mg/c1-3-5-7-9-10-8-6-4-2;1-3-4-2;/h1,3-10H2,2H3;1,3-4H2,2H3;. The molecule has 0 amide bonds. The molecule has 1 heteroatoms. The molecule has 15 heavy (non-hydrogen) atoms. The van der Waals surface area contributed by atoms with E-state index in [0.717, 1.165) is 0 Å². The van der Waals surface area contributed by atoms with Gasteiger partial charge in [-0.15, -0.1) is 9.10 Å². The van der Waals surface area contributed by atoms with Crippen LogP contribution in [0.25, 0.3) is 0 Å². The Morgan fingerprint density at radius 1 is 0.533 bits per heavy atom. The van der Waals surface area contributed by atoms with E-state index >= 15 is 0 Å². The summed E-state index contributed by atoms with van der Waals surface area (Å²) in [4.78, 5) is 0. The van der Waals surface area contributed by atoms with E-state index in [1.165, 1.54) is 57.8 Å². The highest BCUT2D eigenvalue weighted by molar-refractivity contribution is 6.35. The summed E-state index contributed by atoms with van der Waals surface area (Å²) in [6, 6.07) is 0. The SMILES string of the molecule is CCCCCCCCC[CH2][Mg][CH2]CCC. The van der Waals surface area contributed by atoms with Crippen LogP contribution in [0.2, 0.25) is 9.10 Å². The second kappa shape index (κ2) is 14.8. The maximum Gasteiger partial charge on any atom is 0.364 e. The lowest BCUT2D eigenvalue weighted by Crippen LogP contribution is -1.89. The summed E-state index contributed by atoms with van der Waals surface area (Å²) in [5, 5.41) is 0. The molecule has 0 aromatic heterocycles. The minimum atomic E-state index is 0.353. The van der Waals surface area contributed by atoms with Gasteiger partial charge in [-0.1, -0.05) is 78.1 Å². The van der Waals surface area contributed by atoms with E-state index < -0.39 is 0 Å². The van der Waals surface area contributed by atoms with Gasteiger partial charge >= 0.3 is 20.4 Å². The second-order valence-electron chi connectivity index (χ2n) is 4.89. The van der Waals surface area contributed by atoms with E-state index in [2.05, 4.69) is 13.8 Å². The van der Waals surface area contributed by atoms with Crippen LogP contribution in [0.5, 0.6) is 0 Å². The smallest absolute Gasteiger partial charge is 0.146 e. The highest BCUT2D eigenvalue weighted by atomic mass is 24.5. The average molecular weight is 223 g/mol. The van der Waals surface area contributed by atoms with Crippen molar-refractivity contribution in [3.05, 3.63) is 0 Å². The van der Waals surface area contributed by atoms with Crippen molar-refractivity contribution < 1.29 is 0 Å². The normalized spacial score (nSPS) is 10.3. The summed E-state index contributed by atoms with van der Waals surface area (Å²) in [6.45, 7) is 4.60. The maximum atomic E-state index is 2.31. The Balaban J connectivity index is 2.81. The summed E-state index contributed by atoms with van der Waals surface area (Å²) >= 11 is 0.353. The van der Waals surface area contributed by atoms with E-state index in [1.807, 2.05) is 0 Å². The first-order chi connectivity index (χ1) is 7.41. The molecule has 0 aliphatic rings. The second-order valence-corrected chi connectivity index (χ2v) is 7.01. The highest BCUT2D eigenvalue weighted by Crippen LogP contribution is 2.10. The van der Waals surface area contributed by atoms with Gasteiger partial charge in [0.05, 0.1) is 0 Å². The summed E-state index contributed by atoms with van der Waals surface area (Å²) in [7, 11) is 0. The molecule has 0 N–H and O–H groups in total. The van der Waals surface area contributed by atoms with Crippen molar-refractivity contribution in [1.82, 2.24) is 0 Å². The number of hydrogen-bond acceptors (Lipinski definition) is 0. The fraction of sp³-hybridized carbons (Fsp3) is 1.00. The summed E-state index contributed by atoms with van der Waals surface area (Å²) < 4.78 is 3.22. The maximum absolute atomic E-state index is 2.31. The van der Waals surface area contributed by atoms with Crippen LogP contribution < -0.4 is 0 Å². The Hall–Kier alpha value is 0.766. The van der Waals surface area contributed by atoms with E-state index in [0.29, 0.717) is 20.4 Å². The largest absolute Gasteiger partial charge is 0.364 e. The summed E-state index contributed by atoms with van der Waals surface area (Å²) in [5.74, 6) is 0. The third-order valence-corrected chi connectivity index (χ3v) is 5.21. The molecule has 0 aromatic rings. The molecule has 0 radical (unpaired) electrons. The molecule has 0 nitrogen and oxygen atoms in total. The Bertz CT molecular complexity index is 89.5. The molecular weight excluding hydrogens is 192 g/mol. The van der Waals surface area contributed by atoms with E-state index in [9.17, 15) is 0 Å². The van der Waals surface area contributed by atoms with Crippen molar-refractivity contribution in [2.45, 2.75) is 87.2 Å². The van der Waals surface area contributed by atoms with Crippen molar-refractivity contribution in [2.75, 3.05) is 0 Å². The van der Waals surface area contributed by atoms with Gasteiger partial charge in [0.15, 0.2) is 0 Å². The van der Waals surface area contributed by atoms with Crippen LogP contribution in [0.1, 0.15) is 78.1 Å². The molecule has 0 aromatic carbocycles. The quantitative estimate of drug-likeness (QED) is 0.304. The molecule has 0 heterocycles. The summed E-state index contributed by atoms with van der Waals surface area (Å²) in [6.07, 6.45) is 14.8. The van der Waals surface area contributed by atoms with Crippen molar-refractivity contribution in [1.29, 1.82) is 0 Å². The lowest BCUT2D eigenvalue weighted by Gasteiger charge is -2.01. The first kappa shape index (κ1) is 15.8. The van der Waals surface area contributed by atoms with Gasteiger partial charge in [0.1, 0.15) is 0 Å². The third-order valence-electron chi connectivity index (χ3n) is 3.21. The van der Waals surface area contributed by atoms with Gasteiger partial charge in [-0.2, -0.15) is 0 Å². The number of rotatable bonds is 12. The van der Waals surface area contributed by atoms with Crippen molar-refractivity contribution >= 4 is 20.4 Å². The number of hydrogen-bond donors (Lipinski definition) is 0. The number of unbranched alkanes of at least 4 members (excludes halogenated alkanes) is 8. The lowest BCUT2D eigenvalue weighted by molar-refractivity contribution is 0.584. The van der Waals surface area contributed by atoms with Crippen LogP contribution in [0, 0.1) is 0 Å². The van der Waals surface area contributed by atoms with Gasteiger partial charge in [-0.25, -0.2) is 0 Å². The lowest BCUT2D eigenvalue weighted by atomic mass is 10.1. The molecule has 0 fully saturated rings. The molecule has 0 aliphatic heterocycles. The van der Waals surface area contributed by atoms with Gasteiger partial charge in [-0.3, -0.25) is 0 Å². The molecule has 0 aliphatic carbocycles. The van der Waals surface area contributed by atoms with Gasteiger partial charge < -0.3 is 0 Å². The monoisotopic (exact) mass is 222 g/mol. The topological polar surface area (TPSA) is 0 Å². The molecule has 0 atom stereocenters. The van der Waals surface area contributed by atoms with Gasteiger partial charge in [0.2, 0.25) is 0 Å². The average Bonchev–Trinajstić information content (AvgIpc) is 2.26. The van der Waals surface area contributed by atoms with Crippen LogP contribution in [0.15, 0.2) is 0 Å². The van der Waals surface area contributed by atoms with Gasteiger partial charge in [-0.05, 0) is 0 Å². The fourth-order valence-corrected chi connectivity index (χ4v) is 4.01. The van der Waals surface area contributed by atoms with E-state index in [4.69, 9.17) is 0 Å². The fourth-order valence-electron chi connectivity index (χ4n) is 2.09. The van der Waals surface area contributed by atoms with Crippen LogP contribution in [0.3, 0.4) is 0 Å². The predicted molar refractivity (Wildman–Crippen MR) is 72.9 cm³/mol. The first-order valence-corrected chi connectivity index (χ1v) is 9.41. The van der Waals surface area contributed by atoms with Crippen molar-refractivity contribution in [3.8, 4) is 0 Å². The molecule has 88 valence electrons. The molecule has 0 rings (SSSR count). The van der Waals surface area contributed by atoms with E-state index in [1.54, 1.807) is 15.5 Å². The van der Waals surface area contributed by atoms with Crippen LogP contribution >= 0.6 is 0 Å². The molecule has 0 unspecified atom stereocenters. The predicted octanol–water partition coefficient (Wildman–Crippen LogP) is 5.47. The zero-order chi connectivity index (χ0) is 11.2. The summed E-state index contributed by atoms with van der Waals surface area (Å²) in [5.41, 5.74) is 0. The van der Waals surface area contributed by atoms with Crippen molar-refractivity contribution in [2.24, 2.45) is 0 Å². The van der Waals surface area contributed by atoms with Gasteiger partial charge in [0.25, 0.3) is 0 Å². The Labute approximate surface area is 107 Å². The zero-order valence-electron chi connectivity index (χ0n) is 11.2.